The van der Waals surface area contributed by atoms with Crippen LogP contribution in [0, 0.1) is 0 Å². The summed E-state index contributed by atoms with van der Waals surface area (Å²) in [6, 6.07) is 8.99. The number of ether oxygens (including phenoxy) is 2. The van der Waals surface area contributed by atoms with Crippen LogP contribution in [0.1, 0.15) is 31.2 Å². The van der Waals surface area contributed by atoms with Gasteiger partial charge in [-0.3, -0.25) is 9.69 Å². The van der Waals surface area contributed by atoms with E-state index in [1.165, 1.54) is 24.8 Å². The number of carbonyl (C=O) groups excluding carboxylic acids is 1. The number of amides is 1. The van der Waals surface area contributed by atoms with Crippen LogP contribution < -0.4 is 10.1 Å². The van der Waals surface area contributed by atoms with Gasteiger partial charge in [-0.25, -0.2) is 0 Å². The van der Waals surface area contributed by atoms with Crippen molar-refractivity contribution in [1.29, 1.82) is 0 Å². The lowest BCUT2D eigenvalue weighted by Gasteiger charge is -2.44. The van der Waals surface area contributed by atoms with Crippen LogP contribution in [0.3, 0.4) is 0 Å². The Morgan fingerprint density at radius 3 is 2.74 bits per heavy atom. The number of nitrogens with zero attached hydrogens (tertiary/aromatic N) is 1. The molecule has 2 aliphatic rings. The van der Waals surface area contributed by atoms with Gasteiger partial charge in [0.25, 0.3) is 0 Å². The lowest BCUT2D eigenvalue weighted by molar-refractivity contribution is -0.128. The number of nitrogens with one attached hydrogen (secondary N) is 1. The van der Waals surface area contributed by atoms with Gasteiger partial charge < -0.3 is 14.8 Å². The van der Waals surface area contributed by atoms with E-state index in [0.29, 0.717) is 31.8 Å². The Hall–Kier alpha value is -1.59. The van der Waals surface area contributed by atoms with Crippen molar-refractivity contribution in [3.63, 3.8) is 0 Å². The van der Waals surface area contributed by atoms with E-state index in [1.54, 1.807) is 7.11 Å². The molecule has 1 aromatic carbocycles. The van der Waals surface area contributed by atoms with Crippen molar-refractivity contribution in [3.8, 4) is 5.75 Å². The second-order valence-corrected chi connectivity index (χ2v) is 6.42. The van der Waals surface area contributed by atoms with Gasteiger partial charge in [-0.05, 0) is 30.5 Å². The lowest BCUT2D eigenvalue weighted by atomic mass is 9.87. The van der Waals surface area contributed by atoms with E-state index in [9.17, 15) is 4.79 Å². The summed E-state index contributed by atoms with van der Waals surface area (Å²) in [6.07, 6.45) is 4.78. The van der Waals surface area contributed by atoms with Crippen LogP contribution in [0.25, 0.3) is 0 Å². The Labute approximate surface area is 137 Å². The Kier molecular flexibility index (Phi) is 5.51. The van der Waals surface area contributed by atoms with Gasteiger partial charge in [0.1, 0.15) is 12.4 Å². The third-order valence-corrected chi connectivity index (χ3v) is 4.76. The van der Waals surface area contributed by atoms with E-state index >= 15 is 0 Å². The van der Waals surface area contributed by atoms with Crippen LogP contribution in [0.15, 0.2) is 24.3 Å². The zero-order valence-corrected chi connectivity index (χ0v) is 13.8. The fourth-order valence-corrected chi connectivity index (χ4v) is 3.61. The minimum Gasteiger partial charge on any atom is -0.491 e. The van der Waals surface area contributed by atoms with E-state index in [0.717, 1.165) is 18.7 Å². The number of piperazine rings is 1. The molecular formula is C18H26N2O3. The fraction of sp³-hybridized carbons (Fsp3) is 0.611. The highest BCUT2D eigenvalue weighted by molar-refractivity contribution is 5.79. The standard InChI is InChI=1S/C18H26N2O3/c1-22-10-11-23-15-8-6-14(7-9-15)12-20-13-18(21)19-16-4-2-3-5-17(16)20/h6-9,16-17H,2-5,10-13H2,1H3,(H,19,21). The summed E-state index contributed by atoms with van der Waals surface area (Å²) in [5.41, 5.74) is 1.23. The Morgan fingerprint density at radius 2 is 1.96 bits per heavy atom. The zero-order chi connectivity index (χ0) is 16.1. The molecule has 1 N–H and O–H groups in total. The predicted molar refractivity (Wildman–Crippen MR) is 88.4 cm³/mol. The molecule has 0 radical (unpaired) electrons. The molecule has 1 saturated heterocycles. The molecule has 1 aromatic rings. The van der Waals surface area contributed by atoms with Gasteiger partial charge in [-0.1, -0.05) is 25.0 Å². The molecule has 3 rings (SSSR count). The van der Waals surface area contributed by atoms with Gasteiger partial charge >= 0.3 is 0 Å². The number of hydrogen-bond acceptors (Lipinski definition) is 4. The first-order chi connectivity index (χ1) is 11.3. The van der Waals surface area contributed by atoms with E-state index in [-0.39, 0.29) is 5.91 Å². The summed E-state index contributed by atoms with van der Waals surface area (Å²) in [7, 11) is 1.67. The molecular weight excluding hydrogens is 292 g/mol. The van der Waals surface area contributed by atoms with Crippen molar-refractivity contribution in [2.24, 2.45) is 0 Å². The number of fused-ring (bicyclic) bond motifs is 1. The van der Waals surface area contributed by atoms with Gasteiger partial charge in [0.15, 0.2) is 0 Å². The number of hydrogen-bond donors (Lipinski definition) is 1. The minimum atomic E-state index is 0.160. The summed E-state index contributed by atoms with van der Waals surface area (Å²) in [5, 5.41) is 3.16. The topological polar surface area (TPSA) is 50.8 Å². The second kappa shape index (κ2) is 7.79. The summed E-state index contributed by atoms with van der Waals surface area (Å²) in [5.74, 6) is 1.02. The maximum Gasteiger partial charge on any atom is 0.234 e. The Morgan fingerprint density at radius 1 is 1.17 bits per heavy atom. The molecule has 1 aliphatic heterocycles. The molecule has 1 saturated carbocycles. The summed E-state index contributed by atoms with van der Waals surface area (Å²) in [4.78, 5) is 14.3. The van der Waals surface area contributed by atoms with Crippen molar-refractivity contribution < 1.29 is 14.3 Å². The van der Waals surface area contributed by atoms with Crippen LogP contribution in [-0.2, 0) is 16.1 Å². The van der Waals surface area contributed by atoms with E-state index < -0.39 is 0 Å². The minimum absolute atomic E-state index is 0.160. The smallest absolute Gasteiger partial charge is 0.234 e. The molecule has 0 aromatic heterocycles. The molecule has 2 fully saturated rings. The van der Waals surface area contributed by atoms with Gasteiger partial charge in [-0.2, -0.15) is 0 Å². The van der Waals surface area contributed by atoms with Gasteiger partial charge in [0, 0.05) is 25.7 Å². The summed E-state index contributed by atoms with van der Waals surface area (Å²) in [6.45, 7) is 2.49. The first kappa shape index (κ1) is 16.3. The van der Waals surface area contributed by atoms with Crippen LogP contribution in [-0.4, -0.2) is 49.8 Å². The van der Waals surface area contributed by atoms with E-state index in [1.807, 2.05) is 12.1 Å². The van der Waals surface area contributed by atoms with Gasteiger partial charge in [0.05, 0.1) is 13.2 Å². The average Bonchev–Trinajstić information content (AvgIpc) is 2.56. The molecule has 5 nitrogen and oxygen atoms in total. The molecule has 2 atom stereocenters. The Balaban J connectivity index is 1.60. The maximum absolute atomic E-state index is 11.9. The van der Waals surface area contributed by atoms with Crippen LogP contribution in [0.2, 0.25) is 0 Å². The maximum atomic E-state index is 11.9. The SMILES string of the molecule is COCCOc1ccc(CN2CC(=O)NC3CCCCC32)cc1. The van der Waals surface area contributed by atoms with Crippen molar-refractivity contribution in [1.82, 2.24) is 10.2 Å². The quantitative estimate of drug-likeness (QED) is 0.815. The van der Waals surface area contributed by atoms with Crippen molar-refractivity contribution in [2.75, 3.05) is 26.9 Å². The largest absolute Gasteiger partial charge is 0.491 e. The second-order valence-electron chi connectivity index (χ2n) is 6.42. The first-order valence-corrected chi connectivity index (χ1v) is 8.50. The fourth-order valence-electron chi connectivity index (χ4n) is 3.61. The third-order valence-electron chi connectivity index (χ3n) is 4.76. The molecule has 2 unspecified atom stereocenters. The summed E-state index contributed by atoms with van der Waals surface area (Å²) < 4.78 is 10.6. The number of rotatable bonds is 6. The van der Waals surface area contributed by atoms with Crippen LogP contribution in [0.5, 0.6) is 5.75 Å². The highest BCUT2D eigenvalue weighted by atomic mass is 16.5. The van der Waals surface area contributed by atoms with Crippen molar-refractivity contribution >= 4 is 5.91 Å². The third kappa shape index (κ3) is 4.24. The monoisotopic (exact) mass is 318 g/mol. The van der Waals surface area contributed by atoms with Crippen molar-refractivity contribution in [3.05, 3.63) is 29.8 Å². The van der Waals surface area contributed by atoms with Crippen molar-refractivity contribution in [2.45, 2.75) is 44.3 Å². The number of methoxy groups -OCH3 is 1. The molecule has 23 heavy (non-hydrogen) atoms. The molecule has 1 amide bonds. The normalized spacial score (nSPS) is 24.8. The van der Waals surface area contributed by atoms with E-state index in [4.69, 9.17) is 9.47 Å². The molecule has 126 valence electrons. The summed E-state index contributed by atoms with van der Waals surface area (Å²) >= 11 is 0. The highest BCUT2D eigenvalue weighted by Crippen LogP contribution is 2.27. The predicted octanol–water partition coefficient (Wildman–Crippen LogP) is 1.95. The van der Waals surface area contributed by atoms with Gasteiger partial charge in [-0.15, -0.1) is 0 Å². The molecule has 0 spiro atoms. The molecule has 1 heterocycles. The average molecular weight is 318 g/mol. The molecule has 0 bridgehead atoms. The zero-order valence-electron chi connectivity index (χ0n) is 13.8. The first-order valence-electron chi connectivity index (χ1n) is 8.50. The van der Waals surface area contributed by atoms with Gasteiger partial charge in [0.2, 0.25) is 5.91 Å². The van der Waals surface area contributed by atoms with E-state index in [2.05, 4.69) is 22.3 Å². The molecule has 5 heteroatoms. The number of benzene rings is 1. The lowest BCUT2D eigenvalue weighted by Crippen LogP contribution is -2.61. The van der Waals surface area contributed by atoms with Crippen LogP contribution in [0.4, 0.5) is 0 Å². The Bertz CT molecular complexity index is 518. The van der Waals surface area contributed by atoms with Crippen LogP contribution >= 0.6 is 0 Å². The highest BCUT2D eigenvalue weighted by Gasteiger charge is 2.36. The molecule has 1 aliphatic carbocycles. The number of carbonyl (C=O) groups is 1.